The third-order valence-corrected chi connectivity index (χ3v) is 6.12. The average molecular weight is 322 g/mol. The first-order chi connectivity index (χ1) is 11.1. The van der Waals surface area contributed by atoms with Gasteiger partial charge in [0, 0.05) is 25.0 Å². The Labute approximate surface area is 138 Å². The van der Waals surface area contributed by atoms with Gasteiger partial charge in [-0.3, -0.25) is 9.59 Å². The van der Waals surface area contributed by atoms with Gasteiger partial charge in [-0.15, -0.1) is 0 Å². The Balaban J connectivity index is 1.60. The molecule has 5 nitrogen and oxygen atoms in total. The van der Waals surface area contributed by atoms with Gasteiger partial charge in [-0.1, -0.05) is 6.42 Å². The van der Waals surface area contributed by atoms with Crippen LogP contribution >= 0.6 is 0 Å². The Bertz CT molecular complexity index is 440. The van der Waals surface area contributed by atoms with Crippen LogP contribution in [0.25, 0.3) is 0 Å². The molecule has 0 aromatic rings. The fourth-order valence-corrected chi connectivity index (χ4v) is 4.88. The monoisotopic (exact) mass is 322 g/mol. The third kappa shape index (κ3) is 3.54. The first-order valence-corrected chi connectivity index (χ1v) is 9.31. The molecule has 3 aliphatic rings. The zero-order chi connectivity index (χ0) is 16.4. The molecule has 5 heteroatoms. The lowest BCUT2D eigenvalue weighted by Gasteiger charge is -2.45. The predicted octanol–water partition coefficient (Wildman–Crippen LogP) is 1.94. The summed E-state index contributed by atoms with van der Waals surface area (Å²) in [6.45, 7) is 3.56. The molecule has 130 valence electrons. The van der Waals surface area contributed by atoms with Crippen LogP contribution in [0.5, 0.6) is 0 Å². The molecule has 1 saturated heterocycles. The summed E-state index contributed by atoms with van der Waals surface area (Å²) in [6, 6.07) is 0.293. The Hall–Kier alpha value is -1.10. The second kappa shape index (κ2) is 7.20. The Morgan fingerprint density at radius 1 is 1.09 bits per heavy atom. The molecule has 0 aromatic carbocycles. The summed E-state index contributed by atoms with van der Waals surface area (Å²) in [5.41, 5.74) is 6.33. The fourth-order valence-electron chi connectivity index (χ4n) is 4.88. The highest BCUT2D eigenvalue weighted by Crippen LogP contribution is 2.42. The van der Waals surface area contributed by atoms with E-state index in [-0.39, 0.29) is 23.7 Å². The number of fused-ring (bicyclic) bond motifs is 2. The van der Waals surface area contributed by atoms with Crippen molar-refractivity contribution in [2.24, 2.45) is 29.4 Å². The first kappa shape index (κ1) is 16.7. The van der Waals surface area contributed by atoms with Gasteiger partial charge >= 0.3 is 5.97 Å². The quantitative estimate of drug-likeness (QED) is 0.806. The van der Waals surface area contributed by atoms with E-state index >= 15 is 0 Å². The molecule has 0 aromatic heterocycles. The Morgan fingerprint density at radius 3 is 2.43 bits per heavy atom. The van der Waals surface area contributed by atoms with Crippen LogP contribution in [0.3, 0.4) is 0 Å². The summed E-state index contributed by atoms with van der Waals surface area (Å²) >= 11 is 0. The molecule has 1 aliphatic heterocycles. The van der Waals surface area contributed by atoms with Gasteiger partial charge in [-0.05, 0) is 57.3 Å². The van der Waals surface area contributed by atoms with Crippen molar-refractivity contribution in [2.45, 2.75) is 57.9 Å². The van der Waals surface area contributed by atoms with Gasteiger partial charge < -0.3 is 15.4 Å². The zero-order valence-electron chi connectivity index (χ0n) is 14.2. The zero-order valence-corrected chi connectivity index (χ0v) is 14.2. The molecule has 2 saturated carbocycles. The highest BCUT2D eigenvalue weighted by atomic mass is 16.5. The van der Waals surface area contributed by atoms with E-state index in [2.05, 4.69) is 0 Å². The van der Waals surface area contributed by atoms with Crippen molar-refractivity contribution in [3.8, 4) is 0 Å². The minimum Gasteiger partial charge on any atom is -0.466 e. The summed E-state index contributed by atoms with van der Waals surface area (Å²) in [5.74, 6) is 1.11. The van der Waals surface area contributed by atoms with Gasteiger partial charge in [0.15, 0.2) is 0 Å². The maximum absolute atomic E-state index is 12.9. The van der Waals surface area contributed by atoms with Gasteiger partial charge in [0.2, 0.25) is 5.91 Å². The molecule has 3 unspecified atom stereocenters. The largest absolute Gasteiger partial charge is 0.466 e. The number of rotatable bonds is 3. The molecule has 1 amide bonds. The van der Waals surface area contributed by atoms with E-state index in [0.717, 1.165) is 32.2 Å². The molecule has 0 radical (unpaired) electrons. The van der Waals surface area contributed by atoms with Gasteiger partial charge in [-0.2, -0.15) is 0 Å². The molecular formula is C18H30N2O3. The highest BCUT2D eigenvalue weighted by Gasteiger charge is 2.42. The smallest absolute Gasteiger partial charge is 0.310 e. The highest BCUT2D eigenvalue weighted by molar-refractivity contribution is 5.80. The molecule has 3 fully saturated rings. The van der Waals surface area contributed by atoms with E-state index in [9.17, 15) is 9.59 Å². The Kier molecular flexibility index (Phi) is 5.24. The molecule has 1 heterocycles. The third-order valence-electron chi connectivity index (χ3n) is 6.12. The molecule has 23 heavy (non-hydrogen) atoms. The first-order valence-electron chi connectivity index (χ1n) is 9.31. The SMILES string of the molecule is CCOC(=O)C1CCCN(C(=O)C2CC3CCCC(C2)C3N)C1. The van der Waals surface area contributed by atoms with Crippen LogP contribution in [-0.2, 0) is 14.3 Å². The molecular weight excluding hydrogens is 292 g/mol. The number of hydrogen-bond acceptors (Lipinski definition) is 4. The van der Waals surface area contributed by atoms with Crippen molar-refractivity contribution in [3.63, 3.8) is 0 Å². The number of esters is 1. The second-order valence-electron chi connectivity index (χ2n) is 7.57. The summed E-state index contributed by atoms with van der Waals surface area (Å²) in [7, 11) is 0. The minimum absolute atomic E-state index is 0.117. The van der Waals surface area contributed by atoms with Crippen LogP contribution in [0.15, 0.2) is 0 Å². The molecule has 0 spiro atoms. The van der Waals surface area contributed by atoms with Crippen LogP contribution in [0.1, 0.15) is 51.9 Å². The number of carbonyl (C=O) groups excluding carboxylic acids is 2. The van der Waals surface area contributed by atoms with Gasteiger partial charge in [0.1, 0.15) is 0 Å². The second-order valence-corrected chi connectivity index (χ2v) is 7.57. The van der Waals surface area contributed by atoms with Crippen LogP contribution in [0.4, 0.5) is 0 Å². The van der Waals surface area contributed by atoms with Crippen LogP contribution in [-0.4, -0.2) is 42.5 Å². The van der Waals surface area contributed by atoms with Gasteiger partial charge in [0.05, 0.1) is 12.5 Å². The summed E-state index contributed by atoms with van der Waals surface area (Å²) < 4.78 is 5.14. The lowest BCUT2D eigenvalue weighted by Crippen LogP contribution is -2.51. The maximum Gasteiger partial charge on any atom is 0.310 e. The van der Waals surface area contributed by atoms with Crippen LogP contribution in [0.2, 0.25) is 0 Å². The van der Waals surface area contributed by atoms with Crippen LogP contribution < -0.4 is 5.73 Å². The van der Waals surface area contributed by atoms with E-state index in [1.165, 1.54) is 19.3 Å². The Morgan fingerprint density at radius 2 is 1.78 bits per heavy atom. The number of hydrogen-bond donors (Lipinski definition) is 1. The summed E-state index contributed by atoms with van der Waals surface area (Å²) in [6.07, 6.45) is 7.23. The average Bonchev–Trinajstić information content (AvgIpc) is 2.54. The minimum atomic E-state index is -0.146. The lowest BCUT2D eigenvalue weighted by atomic mass is 9.65. The predicted molar refractivity (Wildman–Crippen MR) is 87.5 cm³/mol. The van der Waals surface area contributed by atoms with Crippen molar-refractivity contribution >= 4 is 11.9 Å². The number of amides is 1. The van der Waals surface area contributed by atoms with Crippen molar-refractivity contribution in [2.75, 3.05) is 19.7 Å². The normalized spacial score (nSPS) is 37.3. The molecule has 2 bridgehead atoms. The summed E-state index contributed by atoms with van der Waals surface area (Å²) in [4.78, 5) is 26.8. The fraction of sp³-hybridized carbons (Fsp3) is 0.889. The number of nitrogens with two attached hydrogens (primary N) is 1. The van der Waals surface area contributed by atoms with E-state index in [1.807, 2.05) is 11.8 Å². The molecule has 3 atom stereocenters. The standard InChI is InChI=1S/C18H30N2O3/c1-2-23-18(22)14-7-4-8-20(11-14)17(21)15-9-12-5-3-6-13(10-15)16(12)19/h12-16H,2-11,19H2,1H3. The molecule has 2 aliphatic carbocycles. The number of ether oxygens (including phenoxy) is 1. The van der Waals surface area contributed by atoms with E-state index in [4.69, 9.17) is 10.5 Å². The van der Waals surface area contributed by atoms with Gasteiger partial charge in [-0.25, -0.2) is 0 Å². The molecule has 2 N–H and O–H groups in total. The van der Waals surface area contributed by atoms with Crippen molar-refractivity contribution in [3.05, 3.63) is 0 Å². The lowest BCUT2D eigenvalue weighted by molar-refractivity contribution is -0.152. The van der Waals surface area contributed by atoms with Crippen molar-refractivity contribution in [1.82, 2.24) is 4.90 Å². The molecule has 3 rings (SSSR count). The van der Waals surface area contributed by atoms with Crippen molar-refractivity contribution in [1.29, 1.82) is 0 Å². The number of likely N-dealkylation sites (tertiary alicyclic amines) is 1. The topological polar surface area (TPSA) is 72.6 Å². The van der Waals surface area contributed by atoms with Crippen molar-refractivity contribution < 1.29 is 14.3 Å². The number of carbonyl (C=O) groups is 2. The van der Waals surface area contributed by atoms with E-state index < -0.39 is 0 Å². The number of nitrogens with zero attached hydrogens (tertiary/aromatic N) is 1. The maximum atomic E-state index is 12.9. The number of piperidine rings is 1. The summed E-state index contributed by atoms with van der Waals surface area (Å²) in [5, 5.41) is 0. The van der Waals surface area contributed by atoms with E-state index in [0.29, 0.717) is 31.0 Å². The van der Waals surface area contributed by atoms with E-state index in [1.54, 1.807) is 0 Å². The van der Waals surface area contributed by atoms with Gasteiger partial charge in [0.25, 0.3) is 0 Å². The van der Waals surface area contributed by atoms with Crippen LogP contribution in [0, 0.1) is 23.7 Å².